The number of ether oxygens (including phenoxy) is 1. The normalized spacial score (nSPS) is 11.1. The van der Waals surface area contributed by atoms with Crippen LogP contribution in [0.5, 0.6) is 0 Å². The molecular formula is C20H34IN5O3. The van der Waals surface area contributed by atoms with Crippen molar-refractivity contribution < 1.29 is 14.3 Å². The monoisotopic (exact) mass is 519 g/mol. The summed E-state index contributed by atoms with van der Waals surface area (Å²) in [5.74, 6) is 0.604. The molecule has 0 fully saturated rings. The van der Waals surface area contributed by atoms with E-state index in [1.165, 1.54) is 0 Å². The Kier molecular flexibility index (Phi) is 13.0. The molecular weight excluding hydrogens is 485 g/mol. The summed E-state index contributed by atoms with van der Waals surface area (Å²) < 4.78 is 5.18. The van der Waals surface area contributed by atoms with E-state index in [1.54, 1.807) is 20.2 Å². The van der Waals surface area contributed by atoms with Crippen LogP contribution >= 0.6 is 24.0 Å². The smallest absolute Gasteiger partial charge is 0.407 e. The molecule has 0 aromatic heterocycles. The van der Waals surface area contributed by atoms with Crippen LogP contribution in [-0.4, -0.2) is 57.3 Å². The zero-order valence-electron chi connectivity index (χ0n) is 17.9. The van der Waals surface area contributed by atoms with Crippen molar-refractivity contribution in [1.29, 1.82) is 0 Å². The van der Waals surface area contributed by atoms with Gasteiger partial charge in [0.05, 0.1) is 0 Å². The second kappa shape index (κ2) is 14.0. The molecule has 0 aliphatic heterocycles. The third kappa shape index (κ3) is 12.2. The first-order valence-corrected chi connectivity index (χ1v) is 9.47. The van der Waals surface area contributed by atoms with Crippen molar-refractivity contribution >= 4 is 41.9 Å². The summed E-state index contributed by atoms with van der Waals surface area (Å²) in [7, 11) is 3.33. The summed E-state index contributed by atoms with van der Waals surface area (Å²) in [5.41, 5.74) is 1.24. The Morgan fingerprint density at radius 1 is 1.07 bits per heavy atom. The molecule has 9 heteroatoms. The minimum absolute atomic E-state index is 0. The van der Waals surface area contributed by atoms with Crippen molar-refractivity contribution in [2.45, 2.75) is 39.2 Å². The van der Waals surface area contributed by atoms with Crippen molar-refractivity contribution in [2.75, 3.05) is 33.7 Å². The fourth-order valence-corrected chi connectivity index (χ4v) is 2.36. The van der Waals surface area contributed by atoms with Gasteiger partial charge < -0.3 is 26.0 Å². The van der Waals surface area contributed by atoms with Gasteiger partial charge in [0.1, 0.15) is 5.60 Å². The molecule has 1 aromatic rings. The number of aliphatic imine (C=N–C) groups is 1. The summed E-state index contributed by atoms with van der Waals surface area (Å²) >= 11 is 0. The molecule has 0 spiro atoms. The Balaban J connectivity index is 0.00000784. The predicted octanol–water partition coefficient (Wildman–Crippen LogP) is 2.29. The largest absolute Gasteiger partial charge is 0.444 e. The second-order valence-electron chi connectivity index (χ2n) is 7.24. The van der Waals surface area contributed by atoms with Crippen LogP contribution in [0, 0.1) is 0 Å². The summed E-state index contributed by atoms with van der Waals surface area (Å²) in [5, 5.41) is 11.8. The third-order valence-electron chi connectivity index (χ3n) is 3.66. The van der Waals surface area contributed by atoms with E-state index in [2.05, 4.69) is 26.3 Å². The molecule has 164 valence electrons. The van der Waals surface area contributed by atoms with Crippen LogP contribution in [0.1, 0.15) is 43.1 Å². The van der Waals surface area contributed by atoms with Crippen LogP contribution in [0.3, 0.4) is 0 Å². The fraction of sp³-hybridized carbons (Fsp3) is 0.550. The Morgan fingerprint density at radius 2 is 1.72 bits per heavy atom. The van der Waals surface area contributed by atoms with Crippen molar-refractivity contribution in [1.82, 2.24) is 21.3 Å². The van der Waals surface area contributed by atoms with E-state index >= 15 is 0 Å². The van der Waals surface area contributed by atoms with E-state index < -0.39 is 11.7 Å². The second-order valence-corrected chi connectivity index (χ2v) is 7.24. The first kappa shape index (κ1) is 27.0. The van der Waals surface area contributed by atoms with Gasteiger partial charge in [-0.25, -0.2) is 4.79 Å². The molecule has 0 unspecified atom stereocenters. The van der Waals surface area contributed by atoms with Crippen molar-refractivity contribution in [3.05, 3.63) is 35.4 Å². The van der Waals surface area contributed by atoms with Crippen LogP contribution in [0.15, 0.2) is 29.3 Å². The maximum Gasteiger partial charge on any atom is 0.407 e. The maximum atomic E-state index is 11.7. The van der Waals surface area contributed by atoms with Crippen LogP contribution in [0.4, 0.5) is 4.79 Å². The maximum absolute atomic E-state index is 11.7. The summed E-state index contributed by atoms with van der Waals surface area (Å²) in [6, 6.07) is 7.55. The van der Waals surface area contributed by atoms with Gasteiger partial charge in [0.15, 0.2) is 5.96 Å². The summed E-state index contributed by atoms with van der Waals surface area (Å²) in [6.07, 6.45) is 1.11. The van der Waals surface area contributed by atoms with Crippen molar-refractivity contribution in [2.24, 2.45) is 4.99 Å². The molecule has 0 saturated heterocycles. The number of halogens is 1. The topological polar surface area (TPSA) is 104 Å². The lowest BCUT2D eigenvalue weighted by Gasteiger charge is -2.19. The molecule has 0 atom stereocenters. The number of nitrogens with zero attached hydrogens (tertiary/aromatic N) is 1. The number of benzene rings is 1. The quantitative estimate of drug-likeness (QED) is 0.183. The van der Waals surface area contributed by atoms with E-state index in [0.29, 0.717) is 31.2 Å². The SMILES string of the molecule is CN=C(NCCCNC(=O)OC(C)(C)C)NCCc1cccc(C(=O)NC)c1.I. The highest BCUT2D eigenvalue weighted by Crippen LogP contribution is 2.06. The summed E-state index contributed by atoms with van der Waals surface area (Å²) in [6.45, 7) is 7.37. The minimum Gasteiger partial charge on any atom is -0.444 e. The van der Waals surface area contributed by atoms with Gasteiger partial charge in [-0.1, -0.05) is 12.1 Å². The Morgan fingerprint density at radius 3 is 2.34 bits per heavy atom. The van der Waals surface area contributed by atoms with E-state index in [0.717, 1.165) is 18.4 Å². The van der Waals surface area contributed by atoms with Gasteiger partial charge in [-0.05, 0) is 51.3 Å². The highest BCUT2D eigenvalue weighted by atomic mass is 127. The number of nitrogens with one attached hydrogen (secondary N) is 4. The van der Waals surface area contributed by atoms with Gasteiger partial charge in [-0.2, -0.15) is 0 Å². The third-order valence-corrected chi connectivity index (χ3v) is 3.66. The number of carbonyl (C=O) groups excluding carboxylic acids is 2. The Hall–Kier alpha value is -2.04. The zero-order chi connectivity index (χ0) is 21.0. The standard InChI is InChI=1S/C20H33N5O3.HI/c1-20(2,3)28-19(27)25-12-7-11-23-18(22-5)24-13-10-15-8-6-9-16(14-15)17(26)21-4;/h6,8-9,14H,7,10-13H2,1-5H3,(H,21,26)(H,25,27)(H2,22,23,24);1H. The van der Waals surface area contributed by atoms with E-state index in [1.807, 2.05) is 39.0 Å². The fourth-order valence-electron chi connectivity index (χ4n) is 2.36. The highest BCUT2D eigenvalue weighted by molar-refractivity contribution is 14.0. The molecule has 0 aliphatic rings. The molecule has 0 heterocycles. The lowest BCUT2D eigenvalue weighted by atomic mass is 10.1. The first-order valence-electron chi connectivity index (χ1n) is 9.47. The Labute approximate surface area is 190 Å². The lowest BCUT2D eigenvalue weighted by Crippen LogP contribution is -2.40. The zero-order valence-corrected chi connectivity index (χ0v) is 20.3. The highest BCUT2D eigenvalue weighted by Gasteiger charge is 2.15. The van der Waals surface area contributed by atoms with Gasteiger partial charge in [0.2, 0.25) is 0 Å². The first-order chi connectivity index (χ1) is 13.2. The predicted molar refractivity (Wildman–Crippen MR) is 127 cm³/mol. The molecule has 0 bridgehead atoms. The average molecular weight is 519 g/mol. The molecule has 1 rings (SSSR count). The van der Waals surface area contributed by atoms with Gasteiger partial charge in [0.25, 0.3) is 5.91 Å². The molecule has 0 saturated carbocycles. The average Bonchev–Trinajstić information content (AvgIpc) is 2.64. The number of amides is 2. The number of hydrogen-bond acceptors (Lipinski definition) is 4. The van der Waals surface area contributed by atoms with Crippen LogP contribution in [-0.2, 0) is 11.2 Å². The van der Waals surface area contributed by atoms with E-state index in [4.69, 9.17) is 4.74 Å². The van der Waals surface area contributed by atoms with Crippen molar-refractivity contribution in [3.63, 3.8) is 0 Å². The lowest BCUT2D eigenvalue weighted by molar-refractivity contribution is 0.0527. The van der Waals surface area contributed by atoms with Crippen LogP contribution < -0.4 is 21.3 Å². The molecule has 29 heavy (non-hydrogen) atoms. The van der Waals surface area contributed by atoms with Gasteiger partial charge >= 0.3 is 6.09 Å². The number of alkyl carbamates (subject to hydrolysis) is 1. The molecule has 8 nitrogen and oxygen atoms in total. The van der Waals surface area contributed by atoms with Crippen molar-refractivity contribution in [3.8, 4) is 0 Å². The van der Waals surface area contributed by atoms with Gasteiger partial charge in [0, 0.05) is 39.3 Å². The molecule has 1 aromatic carbocycles. The number of rotatable bonds is 8. The number of carbonyl (C=O) groups is 2. The van der Waals surface area contributed by atoms with Crippen LogP contribution in [0.25, 0.3) is 0 Å². The Bertz CT molecular complexity index is 674. The number of guanidine groups is 1. The number of hydrogen-bond donors (Lipinski definition) is 4. The summed E-state index contributed by atoms with van der Waals surface area (Å²) in [4.78, 5) is 27.4. The molecule has 0 aliphatic carbocycles. The van der Waals surface area contributed by atoms with E-state index in [9.17, 15) is 9.59 Å². The molecule has 2 amide bonds. The van der Waals surface area contributed by atoms with Crippen LogP contribution in [0.2, 0.25) is 0 Å². The van der Waals surface area contributed by atoms with E-state index in [-0.39, 0.29) is 29.9 Å². The molecule has 4 N–H and O–H groups in total. The minimum atomic E-state index is -0.492. The van der Waals surface area contributed by atoms with Gasteiger partial charge in [-0.15, -0.1) is 24.0 Å². The van der Waals surface area contributed by atoms with Gasteiger partial charge in [-0.3, -0.25) is 9.79 Å². The molecule has 0 radical (unpaired) electrons.